The molecule has 0 bridgehead atoms. The minimum Gasteiger partial charge on any atom is -0.495 e. The number of nitrogens with zero attached hydrogens (tertiary/aromatic N) is 5. The first-order valence-electron chi connectivity index (χ1n) is 17.9. The fourth-order valence-corrected chi connectivity index (χ4v) is 7.18. The summed E-state index contributed by atoms with van der Waals surface area (Å²) in [5, 5.41) is 3.62. The fourth-order valence-electron chi connectivity index (χ4n) is 7.18. The van der Waals surface area contributed by atoms with E-state index in [0.29, 0.717) is 18.9 Å². The first kappa shape index (κ1) is 35.4. The summed E-state index contributed by atoms with van der Waals surface area (Å²) < 4.78 is 5.57. The van der Waals surface area contributed by atoms with Crippen molar-refractivity contribution in [1.29, 1.82) is 0 Å². The second-order valence-electron chi connectivity index (χ2n) is 13.0. The monoisotopic (exact) mass is 654 g/mol. The number of likely N-dealkylation sites (N-methyl/N-ethyl adjacent to an activating group) is 1. The molecule has 48 heavy (non-hydrogen) atoms. The second kappa shape index (κ2) is 17.4. The third kappa shape index (κ3) is 8.55. The Labute approximate surface area is 287 Å². The second-order valence-corrected chi connectivity index (χ2v) is 13.0. The van der Waals surface area contributed by atoms with E-state index in [2.05, 4.69) is 58.2 Å². The molecule has 9 heteroatoms. The number of pyridine rings is 1. The van der Waals surface area contributed by atoms with Crippen LogP contribution in [0.1, 0.15) is 51.5 Å². The number of carbonyl (C=O) groups is 2. The molecule has 1 aromatic heterocycles. The van der Waals surface area contributed by atoms with E-state index in [9.17, 15) is 9.59 Å². The normalized spacial score (nSPS) is 19.1. The summed E-state index contributed by atoms with van der Waals surface area (Å²) in [4.78, 5) is 40.2. The molecule has 3 aromatic rings. The van der Waals surface area contributed by atoms with E-state index in [4.69, 9.17) is 4.74 Å². The average Bonchev–Trinajstić information content (AvgIpc) is 3.88. The van der Waals surface area contributed by atoms with Gasteiger partial charge in [-0.25, -0.2) is 4.98 Å². The third-order valence-electron chi connectivity index (χ3n) is 10.1. The number of aromatic nitrogens is 1. The number of benzene rings is 2. The summed E-state index contributed by atoms with van der Waals surface area (Å²) in [5.41, 5.74) is 1.88. The maximum absolute atomic E-state index is 13.6. The summed E-state index contributed by atoms with van der Waals surface area (Å²) in [6.07, 6.45) is 5.99. The van der Waals surface area contributed by atoms with Gasteiger partial charge < -0.3 is 19.9 Å². The Morgan fingerprint density at radius 1 is 0.917 bits per heavy atom. The molecule has 0 radical (unpaired) electrons. The van der Waals surface area contributed by atoms with Gasteiger partial charge >= 0.3 is 0 Å². The minimum absolute atomic E-state index is 0.134. The molecule has 1 saturated carbocycles. The smallest absolute Gasteiger partial charge is 0.233 e. The molecule has 258 valence electrons. The number of amides is 2. The van der Waals surface area contributed by atoms with Gasteiger partial charge in [-0.15, -0.1) is 0 Å². The van der Waals surface area contributed by atoms with Crippen LogP contribution in [-0.2, 0) is 15.0 Å². The quantitative estimate of drug-likeness (QED) is 0.189. The summed E-state index contributed by atoms with van der Waals surface area (Å²) in [6.45, 7) is 12.5. The van der Waals surface area contributed by atoms with Gasteiger partial charge in [-0.3, -0.25) is 19.4 Å². The van der Waals surface area contributed by atoms with Crippen molar-refractivity contribution in [2.45, 2.75) is 51.4 Å². The third-order valence-corrected chi connectivity index (χ3v) is 10.1. The van der Waals surface area contributed by atoms with E-state index in [1.54, 1.807) is 13.3 Å². The molecule has 1 N–H and O–H groups in total. The highest BCUT2D eigenvalue weighted by atomic mass is 16.5. The van der Waals surface area contributed by atoms with Gasteiger partial charge in [0.25, 0.3) is 0 Å². The maximum Gasteiger partial charge on any atom is 0.233 e. The standard InChI is InChI=1S/C39H54N6O3/c1-4-43(5-2)38(47)39(32-16-8-6-9-17-32)30-33(39)31-40-22-14-7-10-21-37(46)45(36-20-13-15-23-41-36)29-26-42-24-27-44(28-25-42)34-18-11-12-19-35(34)48-3/h6,8-9,11-13,15-20,23,33,40H,4-5,7,10,14,21-22,24-31H2,1-3H3. The highest BCUT2D eigenvalue weighted by molar-refractivity contribution is 5.93. The lowest BCUT2D eigenvalue weighted by molar-refractivity contribution is -0.134. The molecular weight excluding hydrogens is 600 g/mol. The van der Waals surface area contributed by atoms with Crippen molar-refractivity contribution in [3.8, 4) is 5.75 Å². The summed E-state index contributed by atoms with van der Waals surface area (Å²) in [5.74, 6) is 2.34. The number of ether oxygens (including phenoxy) is 1. The highest BCUT2D eigenvalue weighted by Crippen LogP contribution is 2.55. The van der Waals surface area contributed by atoms with Crippen LogP contribution in [0.3, 0.4) is 0 Å². The number of para-hydroxylation sites is 2. The molecule has 2 amide bonds. The Morgan fingerprint density at radius 3 is 2.35 bits per heavy atom. The van der Waals surface area contributed by atoms with Gasteiger partial charge in [0.2, 0.25) is 11.8 Å². The summed E-state index contributed by atoms with van der Waals surface area (Å²) in [6, 6.07) is 24.3. The number of anilines is 2. The van der Waals surface area contributed by atoms with E-state index >= 15 is 0 Å². The number of hydrogen-bond donors (Lipinski definition) is 1. The Morgan fingerprint density at radius 2 is 1.65 bits per heavy atom. The number of methoxy groups -OCH3 is 1. The van der Waals surface area contributed by atoms with Crippen molar-refractivity contribution in [2.24, 2.45) is 5.92 Å². The molecule has 1 saturated heterocycles. The first-order valence-corrected chi connectivity index (χ1v) is 17.9. The molecule has 2 aliphatic rings. The number of rotatable bonds is 18. The van der Waals surface area contributed by atoms with Crippen molar-refractivity contribution >= 4 is 23.3 Å². The van der Waals surface area contributed by atoms with Crippen LogP contribution in [0.2, 0.25) is 0 Å². The van der Waals surface area contributed by atoms with Crippen molar-refractivity contribution < 1.29 is 14.3 Å². The molecule has 2 unspecified atom stereocenters. The van der Waals surface area contributed by atoms with Crippen LogP contribution in [0.25, 0.3) is 0 Å². The molecule has 1 aliphatic heterocycles. The largest absolute Gasteiger partial charge is 0.495 e. The molecular formula is C39H54N6O3. The Hall–Kier alpha value is -3.95. The predicted octanol–water partition coefficient (Wildman–Crippen LogP) is 5.22. The van der Waals surface area contributed by atoms with Gasteiger partial charge in [-0.1, -0.05) is 55.0 Å². The van der Waals surface area contributed by atoms with Crippen molar-refractivity contribution in [1.82, 2.24) is 20.1 Å². The van der Waals surface area contributed by atoms with Crippen LogP contribution in [0.4, 0.5) is 11.5 Å². The predicted molar refractivity (Wildman–Crippen MR) is 194 cm³/mol. The zero-order valence-corrected chi connectivity index (χ0v) is 29.2. The molecule has 9 nitrogen and oxygen atoms in total. The Bertz CT molecular complexity index is 1430. The van der Waals surface area contributed by atoms with E-state index < -0.39 is 5.41 Å². The van der Waals surface area contributed by atoms with Crippen molar-refractivity contribution in [3.63, 3.8) is 0 Å². The highest BCUT2D eigenvalue weighted by Gasteiger charge is 2.61. The van der Waals surface area contributed by atoms with Crippen LogP contribution in [0.15, 0.2) is 79.0 Å². The van der Waals surface area contributed by atoms with E-state index in [0.717, 1.165) is 107 Å². The number of unbranched alkanes of at least 4 members (excludes halogenated alkanes) is 2. The maximum atomic E-state index is 13.6. The van der Waals surface area contributed by atoms with Crippen LogP contribution in [0.5, 0.6) is 5.75 Å². The number of nitrogens with one attached hydrogen (secondary N) is 1. The first-order chi connectivity index (χ1) is 23.5. The molecule has 2 atom stereocenters. The van der Waals surface area contributed by atoms with Gasteiger partial charge in [0, 0.05) is 65.0 Å². The van der Waals surface area contributed by atoms with Crippen molar-refractivity contribution in [2.75, 3.05) is 82.4 Å². The van der Waals surface area contributed by atoms with Gasteiger partial charge in [0.1, 0.15) is 11.6 Å². The zero-order chi connectivity index (χ0) is 33.8. The lowest BCUT2D eigenvalue weighted by atomic mass is 9.91. The zero-order valence-electron chi connectivity index (χ0n) is 29.2. The van der Waals surface area contributed by atoms with Gasteiger partial charge in [0.05, 0.1) is 18.2 Å². The van der Waals surface area contributed by atoms with Crippen LogP contribution < -0.4 is 19.9 Å². The lowest BCUT2D eigenvalue weighted by Gasteiger charge is -2.37. The fraction of sp³-hybridized carbons (Fsp3) is 0.513. The SMILES string of the molecule is CCN(CC)C(=O)C1(c2ccccc2)CC1CNCCCCCC(=O)N(CCN1CCN(c2ccccc2OC)CC1)c1ccccn1. The molecule has 5 rings (SSSR count). The molecule has 0 spiro atoms. The minimum atomic E-state index is -0.398. The average molecular weight is 655 g/mol. The molecule has 2 fully saturated rings. The number of carbonyl (C=O) groups excluding carboxylic acids is 2. The summed E-state index contributed by atoms with van der Waals surface area (Å²) >= 11 is 0. The molecule has 2 heterocycles. The van der Waals surface area contributed by atoms with Crippen LogP contribution >= 0.6 is 0 Å². The number of piperazine rings is 1. The van der Waals surface area contributed by atoms with Crippen molar-refractivity contribution in [3.05, 3.63) is 84.6 Å². The van der Waals surface area contributed by atoms with E-state index in [-0.39, 0.29) is 11.8 Å². The summed E-state index contributed by atoms with van der Waals surface area (Å²) in [7, 11) is 1.72. The Kier molecular flexibility index (Phi) is 12.9. The van der Waals surface area contributed by atoms with E-state index in [1.807, 2.05) is 58.3 Å². The van der Waals surface area contributed by atoms with Crippen LogP contribution in [0, 0.1) is 5.92 Å². The number of hydrogen-bond acceptors (Lipinski definition) is 7. The van der Waals surface area contributed by atoms with Gasteiger partial charge in [-0.05, 0) is 81.9 Å². The van der Waals surface area contributed by atoms with E-state index in [1.165, 1.54) is 0 Å². The lowest BCUT2D eigenvalue weighted by Crippen LogP contribution is -2.49. The van der Waals surface area contributed by atoms with Gasteiger partial charge in [-0.2, -0.15) is 0 Å². The molecule has 2 aromatic carbocycles. The van der Waals surface area contributed by atoms with Crippen LogP contribution in [-0.4, -0.2) is 99.2 Å². The van der Waals surface area contributed by atoms with Gasteiger partial charge in [0.15, 0.2) is 0 Å². The molecule has 1 aliphatic carbocycles. The Balaban J connectivity index is 1.04. The topological polar surface area (TPSA) is 81.3 Å².